The summed E-state index contributed by atoms with van der Waals surface area (Å²) < 4.78 is 17.3. The van der Waals surface area contributed by atoms with Crippen molar-refractivity contribution in [1.82, 2.24) is 4.90 Å². The molecule has 1 aromatic rings. The third-order valence-corrected chi connectivity index (χ3v) is 4.98. The molecule has 1 aliphatic rings. The van der Waals surface area contributed by atoms with Crippen LogP contribution in [-0.4, -0.2) is 27.3 Å². The van der Waals surface area contributed by atoms with Crippen molar-refractivity contribution in [3.63, 3.8) is 0 Å². The first-order valence-electron chi connectivity index (χ1n) is 6.02. The highest BCUT2D eigenvalue weighted by atomic mass is 32.2. The minimum absolute atomic E-state index is 0.306. The van der Waals surface area contributed by atoms with Crippen molar-refractivity contribution < 1.29 is 13.7 Å². The van der Waals surface area contributed by atoms with E-state index in [1.54, 1.807) is 4.90 Å². The van der Waals surface area contributed by atoms with Gasteiger partial charge in [0.25, 0.3) is 0 Å². The van der Waals surface area contributed by atoms with Gasteiger partial charge in [-0.3, -0.25) is 0 Å². The topological polar surface area (TPSA) is 72.6 Å². The highest BCUT2D eigenvalue weighted by Gasteiger charge is 2.27. The molecule has 0 spiro atoms. The number of rotatable bonds is 1. The van der Waals surface area contributed by atoms with Crippen molar-refractivity contribution in [2.24, 2.45) is 5.14 Å². The van der Waals surface area contributed by atoms with Crippen LogP contribution in [0.25, 0.3) is 0 Å². The van der Waals surface area contributed by atoms with Gasteiger partial charge in [0.15, 0.2) is 0 Å². The minimum Gasteiger partial charge on any atom is -0.444 e. The van der Waals surface area contributed by atoms with Crippen LogP contribution in [0.15, 0.2) is 10.3 Å². The van der Waals surface area contributed by atoms with Gasteiger partial charge in [-0.2, -0.15) is 0 Å². The number of carbonyl (C=O) groups excluding carboxylic acids is 1. The molecule has 0 saturated heterocycles. The van der Waals surface area contributed by atoms with E-state index in [1.807, 2.05) is 26.8 Å². The zero-order valence-corrected chi connectivity index (χ0v) is 12.9. The molecule has 0 bridgehead atoms. The Morgan fingerprint density at radius 1 is 1.53 bits per heavy atom. The molecule has 7 heteroatoms. The third kappa shape index (κ3) is 3.55. The predicted octanol–water partition coefficient (Wildman–Crippen LogP) is 2.02. The number of fused-ring (bicyclic) bond motifs is 1. The SMILES string of the molecule is CC(C)(C)OC(=O)N1CCc2sc(S(N)=O)cc2C1. The van der Waals surface area contributed by atoms with Gasteiger partial charge >= 0.3 is 6.09 Å². The van der Waals surface area contributed by atoms with Gasteiger partial charge < -0.3 is 9.64 Å². The quantitative estimate of drug-likeness (QED) is 0.862. The molecule has 0 aromatic carbocycles. The lowest BCUT2D eigenvalue weighted by Gasteiger charge is -2.29. The van der Waals surface area contributed by atoms with Crippen LogP contribution in [0.5, 0.6) is 0 Å². The van der Waals surface area contributed by atoms with Gasteiger partial charge in [-0.15, -0.1) is 11.3 Å². The highest BCUT2D eigenvalue weighted by Crippen LogP contribution is 2.29. The summed E-state index contributed by atoms with van der Waals surface area (Å²) in [6, 6.07) is 1.83. The number of ether oxygens (including phenoxy) is 1. The van der Waals surface area contributed by atoms with Crippen molar-refractivity contribution in [2.75, 3.05) is 6.54 Å². The van der Waals surface area contributed by atoms with Crippen LogP contribution in [0, 0.1) is 0 Å². The summed E-state index contributed by atoms with van der Waals surface area (Å²) in [5, 5.41) is 5.38. The van der Waals surface area contributed by atoms with Crippen LogP contribution < -0.4 is 5.14 Å². The normalized spacial score (nSPS) is 16.9. The molecule has 0 saturated carbocycles. The van der Waals surface area contributed by atoms with Crippen molar-refractivity contribution in [3.05, 3.63) is 16.5 Å². The maximum absolute atomic E-state index is 12.0. The molecule has 2 rings (SSSR count). The van der Waals surface area contributed by atoms with Crippen LogP contribution in [0.4, 0.5) is 4.79 Å². The van der Waals surface area contributed by atoms with E-state index in [0.29, 0.717) is 17.3 Å². The Morgan fingerprint density at radius 3 is 2.79 bits per heavy atom. The van der Waals surface area contributed by atoms with Gasteiger partial charge in [0, 0.05) is 11.4 Å². The minimum atomic E-state index is -1.45. The number of nitrogens with zero attached hydrogens (tertiary/aromatic N) is 1. The molecule has 2 heterocycles. The maximum Gasteiger partial charge on any atom is 0.410 e. The van der Waals surface area contributed by atoms with Crippen LogP contribution in [0.3, 0.4) is 0 Å². The molecule has 19 heavy (non-hydrogen) atoms. The van der Waals surface area contributed by atoms with Crippen LogP contribution in [0.1, 0.15) is 31.2 Å². The molecule has 1 atom stereocenters. The second-order valence-corrected chi connectivity index (χ2v) is 7.89. The van der Waals surface area contributed by atoms with E-state index >= 15 is 0 Å². The fourth-order valence-corrected chi connectivity index (χ4v) is 3.67. The highest BCUT2D eigenvalue weighted by molar-refractivity contribution is 7.85. The van der Waals surface area contributed by atoms with Crippen molar-refractivity contribution in [2.45, 2.75) is 43.5 Å². The first kappa shape index (κ1) is 14.5. The number of carbonyl (C=O) groups is 1. The van der Waals surface area contributed by atoms with Crippen LogP contribution in [-0.2, 0) is 28.7 Å². The van der Waals surface area contributed by atoms with Gasteiger partial charge in [0.05, 0.1) is 6.54 Å². The summed E-state index contributed by atoms with van der Waals surface area (Å²) in [6.07, 6.45) is 0.455. The molecule has 5 nitrogen and oxygen atoms in total. The molecule has 106 valence electrons. The summed E-state index contributed by atoms with van der Waals surface area (Å²) >= 11 is 1.47. The van der Waals surface area contributed by atoms with E-state index in [4.69, 9.17) is 9.88 Å². The lowest BCUT2D eigenvalue weighted by molar-refractivity contribution is 0.0225. The Labute approximate surface area is 119 Å². The molecule has 2 N–H and O–H groups in total. The smallest absolute Gasteiger partial charge is 0.410 e. The molecule has 1 unspecified atom stereocenters. The maximum atomic E-state index is 12.0. The summed E-state index contributed by atoms with van der Waals surface area (Å²) in [6.45, 7) is 6.67. The van der Waals surface area contributed by atoms with E-state index in [1.165, 1.54) is 11.3 Å². The predicted molar refractivity (Wildman–Crippen MR) is 75.3 cm³/mol. The fraction of sp³-hybridized carbons (Fsp3) is 0.583. The van der Waals surface area contributed by atoms with Crippen LogP contribution in [0.2, 0.25) is 0 Å². The third-order valence-electron chi connectivity index (χ3n) is 2.69. The summed E-state index contributed by atoms with van der Waals surface area (Å²) in [5.41, 5.74) is 0.534. The van der Waals surface area contributed by atoms with Crippen LogP contribution >= 0.6 is 11.3 Å². The summed E-state index contributed by atoms with van der Waals surface area (Å²) in [4.78, 5) is 14.8. The number of amides is 1. The van der Waals surface area contributed by atoms with Crippen molar-refractivity contribution >= 4 is 28.4 Å². The van der Waals surface area contributed by atoms with Gasteiger partial charge in [-0.05, 0) is 38.8 Å². The Bertz CT molecular complexity index is 520. The summed E-state index contributed by atoms with van der Waals surface area (Å²) in [5.74, 6) is 0. The molecule has 1 aromatic heterocycles. The number of thiophene rings is 1. The van der Waals surface area contributed by atoms with Gasteiger partial charge in [-0.25, -0.2) is 14.1 Å². The molecule has 1 amide bonds. The van der Waals surface area contributed by atoms with Gasteiger partial charge in [0.2, 0.25) is 0 Å². The first-order valence-corrected chi connectivity index (χ1v) is 8.05. The summed E-state index contributed by atoms with van der Waals surface area (Å²) in [7, 11) is -1.45. The molecule has 0 radical (unpaired) electrons. The lowest BCUT2D eigenvalue weighted by atomic mass is 10.1. The van der Waals surface area contributed by atoms with Crippen molar-refractivity contribution in [1.29, 1.82) is 0 Å². The zero-order valence-electron chi connectivity index (χ0n) is 11.3. The first-order chi connectivity index (χ1) is 8.76. The molecular formula is C12H18N2O3S2. The van der Waals surface area contributed by atoms with E-state index in [-0.39, 0.29) is 6.09 Å². The standard InChI is InChI=1S/C12H18N2O3S2/c1-12(2,3)17-11(15)14-5-4-9-8(7-14)6-10(18-9)19(13)16/h6H,4-5,7,13H2,1-3H3. The lowest BCUT2D eigenvalue weighted by Crippen LogP contribution is -2.39. The molecule has 0 fully saturated rings. The Kier molecular flexibility index (Phi) is 3.98. The zero-order chi connectivity index (χ0) is 14.2. The van der Waals surface area contributed by atoms with E-state index in [2.05, 4.69) is 0 Å². The molecule has 0 aliphatic carbocycles. The van der Waals surface area contributed by atoms with Gasteiger partial charge in [0.1, 0.15) is 20.8 Å². The van der Waals surface area contributed by atoms with E-state index in [0.717, 1.165) is 16.9 Å². The molecular weight excluding hydrogens is 284 g/mol. The van der Waals surface area contributed by atoms with E-state index < -0.39 is 16.6 Å². The average molecular weight is 302 g/mol. The monoisotopic (exact) mass is 302 g/mol. The number of hydrogen-bond acceptors (Lipinski definition) is 4. The number of hydrogen-bond donors (Lipinski definition) is 1. The van der Waals surface area contributed by atoms with Crippen molar-refractivity contribution in [3.8, 4) is 0 Å². The second-order valence-electron chi connectivity index (χ2n) is 5.46. The Morgan fingerprint density at radius 2 is 2.21 bits per heavy atom. The van der Waals surface area contributed by atoms with Gasteiger partial charge in [-0.1, -0.05) is 0 Å². The molecule has 1 aliphatic heterocycles. The second kappa shape index (κ2) is 5.22. The number of nitrogens with two attached hydrogens (primary N) is 1. The fourth-order valence-electron chi connectivity index (χ4n) is 1.89. The Hall–Kier alpha value is -0.920. The largest absolute Gasteiger partial charge is 0.444 e. The van der Waals surface area contributed by atoms with E-state index in [9.17, 15) is 9.00 Å². The Balaban J connectivity index is 2.09. The average Bonchev–Trinajstić information content (AvgIpc) is 2.69.